The molecule has 0 radical (unpaired) electrons. The number of nitrogens with zero attached hydrogens (tertiary/aromatic N) is 3. The maximum Gasteiger partial charge on any atom is 0.270 e. The van der Waals surface area contributed by atoms with Gasteiger partial charge in [0.05, 0.1) is 5.69 Å². The number of fused-ring (bicyclic) bond motifs is 1. The average Bonchev–Trinajstić information content (AvgIpc) is 3.14. The van der Waals surface area contributed by atoms with Crippen molar-refractivity contribution in [2.45, 2.75) is 13.8 Å². The number of rotatable bonds is 4. The third kappa shape index (κ3) is 2.59. The van der Waals surface area contributed by atoms with Crippen molar-refractivity contribution in [3.63, 3.8) is 0 Å². The standard InChI is InChI=1S/C16H19N5O.2H2/c1-10(2)8-21(3)16(22)13-6-11(7-18-13)14-12-4-5-17-15(12)20-9-19-14;;/h4-7,9-10,18H,8H2,1-3H3,(H,17,19,20);2*1H. The second-order valence-corrected chi connectivity index (χ2v) is 5.84. The summed E-state index contributed by atoms with van der Waals surface area (Å²) in [4.78, 5) is 28.8. The molecule has 0 atom stereocenters. The van der Waals surface area contributed by atoms with Gasteiger partial charge >= 0.3 is 0 Å². The van der Waals surface area contributed by atoms with Crippen LogP contribution in [0.3, 0.4) is 0 Å². The molecule has 6 nitrogen and oxygen atoms in total. The zero-order chi connectivity index (χ0) is 15.7. The van der Waals surface area contributed by atoms with E-state index in [-0.39, 0.29) is 8.76 Å². The van der Waals surface area contributed by atoms with Crippen molar-refractivity contribution in [3.05, 3.63) is 36.5 Å². The molecule has 22 heavy (non-hydrogen) atoms. The Hall–Kier alpha value is -2.63. The summed E-state index contributed by atoms with van der Waals surface area (Å²) in [7, 11) is 1.82. The van der Waals surface area contributed by atoms with Gasteiger partial charge in [0.25, 0.3) is 5.91 Å². The molecule has 0 aliphatic rings. The minimum Gasteiger partial charge on any atom is -0.357 e. The summed E-state index contributed by atoms with van der Waals surface area (Å²) in [6, 6.07) is 3.78. The van der Waals surface area contributed by atoms with E-state index in [1.165, 1.54) is 6.33 Å². The summed E-state index contributed by atoms with van der Waals surface area (Å²) in [5.41, 5.74) is 3.05. The van der Waals surface area contributed by atoms with E-state index in [1.807, 2.05) is 31.6 Å². The lowest BCUT2D eigenvalue weighted by Crippen LogP contribution is -2.30. The summed E-state index contributed by atoms with van der Waals surface area (Å²) in [5.74, 6) is 0.420. The van der Waals surface area contributed by atoms with Crippen LogP contribution >= 0.6 is 0 Å². The van der Waals surface area contributed by atoms with Crippen LogP contribution < -0.4 is 0 Å². The number of amides is 1. The number of carbonyl (C=O) groups is 1. The molecule has 3 rings (SSSR count). The number of hydrogen-bond donors (Lipinski definition) is 2. The normalized spacial score (nSPS) is 11.3. The zero-order valence-corrected chi connectivity index (χ0v) is 12.9. The Morgan fingerprint density at radius 3 is 2.95 bits per heavy atom. The van der Waals surface area contributed by atoms with Crippen molar-refractivity contribution in [1.82, 2.24) is 24.8 Å². The van der Waals surface area contributed by atoms with Crippen LogP contribution in [-0.4, -0.2) is 44.3 Å². The smallest absolute Gasteiger partial charge is 0.270 e. The van der Waals surface area contributed by atoms with E-state index in [9.17, 15) is 4.79 Å². The van der Waals surface area contributed by atoms with Crippen LogP contribution in [0.1, 0.15) is 27.2 Å². The number of aromatic nitrogens is 4. The average molecular weight is 301 g/mol. The fourth-order valence-electron chi connectivity index (χ4n) is 2.59. The van der Waals surface area contributed by atoms with Crippen LogP contribution in [-0.2, 0) is 0 Å². The molecule has 3 heterocycles. The summed E-state index contributed by atoms with van der Waals surface area (Å²) in [6.07, 6.45) is 5.16. The van der Waals surface area contributed by atoms with Gasteiger partial charge in [0.2, 0.25) is 0 Å². The SMILES string of the molecule is CC(C)CN(C)C(=O)c1cc(-c2ncnc3[nH]ccc23)c[nH]1.[HH].[HH]. The van der Waals surface area contributed by atoms with Crippen molar-refractivity contribution in [2.24, 2.45) is 5.92 Å². The highest BCUT2D eigenvalue weighted by molar-refractivity contribution is 5.96. The molecule has 0 spiro atoms. The Bertz CT molecular complexity index is 812. The molecule has 3 aromatic rings. The van der Waals surface area contributed by atoms with Gasteiger partial charge in [-0.05, 0) is 18.1 Å². The van der Waals surface area contributed by atoms with E-state index in [0.717, 1.165) is 28.8 Å². The van der Waals surface area contributed by atoms with Gasteiger partial charge in [-0.3, -0.25) is 4.79 Å². The van der Waals surface area contributed by atoms with Crippen LogP contribution in [0.15, 0.2) is 30.9 Å². The topological polar surface area (TPSA) is 77.7 Å². The second kappa shape index (κ2) is 5.63. The van der Waals surface area contributed by atoms with Crippen molar-refractivity contribution >= 4 is 16.9 Å². The highest BCUT2D eigenvalue weighted by Gasteiger charge is 2.16. The van der Waals surface area contributed by atoms with Gasteiger partial charge < -0.3 is 14.9 Å². The number of carbonyl (C=O) groups excluding carboxylic acids is 1. The molecular formula is C16H23N5O. The molecule has 0 unspecified atom stereocenters. The predicted octanol–water partition coefficient (Wildman–Crippen LogP) is 3.17. The van der Waals surface area contributed by atoms with Gasteiger partial charge in [-0.2, -0.15) is 0 Å². The van der Waals surface area contributed by atoms with Crippen LogP contribution in [0, 0.1) is 5.92 Å². The number of aromatic amines is 2. The molecule has 0 fully saturated rings. The lowest BCUT2D eigenvalue weighted by Gasteiger charge is -2.18. The van der Waals surface area contributed by atoms with Crippen LogP contribution in [0.25, 0.3) is 22.3 Å². The first-order valence-corrected chi connectivity index (χ1v) is 7.28. The molecule has 2 N–H and O–H groups in total. The Kier molecular flexibility index (Phi) is 3.66. The van der Waals surface area contributed by atoms with E-state index < -0.39 is 0 Å². The molecule has 6 heteroatoms. The molecule has 0 aromatic carbocycles. The lowest BCUT2D eigenvalue weighted by molar-refractivity contribution is 0.0774. The first-order valence-electron chi connectivity index (χ1n) is 7.28. The monoisotopic (exact) mass is 301 g/mol. The molecule has 1 amide bonds. The van der Waals surface area contributed by atoms with Crippen molar-refractivity contribution in [2.75, 3.05) is 13.6 Å². The van der Waals surface area contributed by atoms with Gasteiger partial charge in [-0.15, -0.1) is 0 Å². The highest BCUT2D eigenvalue weighted by Crippen LogP contribution is 2.25. The highest BCUT2D eigenvalue weighted by atomic mass is 16.2. The third-order valence-corrected chi connectivity index (χ3v) is 3.53. The van der Waals surface area contributed by atoms with Gasteiger partial charge in [-0.25, -0.2) is 9.97 Å². The minimum atomic E-state index is -0.0145. The molecular weight excluding hydrogens is 278 g/mol. The largest absolute Gasteiger partial charge is 0.357 e. The number of H-pyrrole nitrogens is 2. The Morgan fingerprint density at radius 1 is 1.36 bits per heavy atom. The first kappa shape index (κ1) is 14.3. The van der Waals surface area contributed by atoms with Crippen LogP contribution in [0.5, 0.6) is 0 Å². The van der Waals surface area contributed by atoms with E-state index in [1.54, 1.807) is 4.90 Å². The summed E-state index contributed by atoms with van der Waals surface area (Å²) < 4.78 is 0. The fourth-order valence-corrected chi connectivity index (χ4v) is 2.59. The van der Waals surface area contributed by atoms with Gasteiger partial charge in [-0.1, -0.05) is 13.8 Å². The maximum absolute atomic E-state index is 12.4. The third-order valence-electron chi connectivity index (χ3n) is 3.53. The predicted molar refractivity (Wildman–Crippen MR) is 89.7 cm³/mol. The molecule has 0 aliphatic heterocycles. The van der Waals surface area contributed by atoms with E-state index >= 15 is 0 Å². The van der Waals surface area contributed by atoms with E-state index in [2.05, 4.69) is 33.8 Å². The van der Waals surface area contributed by atoms with Crippen molar-refractivity contribution in [3.8, 4) is 11.3 Å². The Labute approximate surface area is 131 Å². The van der Waals surface area contributed by atoms with E-state index in [0.29, 0.717) is 11.6 Å². The molecule has 0 aliphatic carbocycles. The van der Waals surface area contributed by atoms with E-state index in [4.69, 9.17) is 0 Å². The van der Waals surface area contributed by atoms with Crippen LogP contribution in [0.4, 0.5) is 0 Å². The summed E-state index contributed by atoms with van der Waals surface area (Å²) in [6.45, 7) is 4.91. The molecule has 0 bridgehead atoms. The van der Waals surface area contributed by atoms with Crippen molar-refractivity contribution < 1.29 is 7.65 Å². The molecule has 0 saturated heterocycles. The van der Waals surface area contributed by atoms with Gasteiger partial charge in [0.15, 0.2) is 0 Å². The Morgan fingerprint density at radius 2 is 2.18 bits per heavy atom. The summed E-state index contributed by atoms with van der Waals surface area (Å²) in [5, 5.41) is 0.941. The maximum atomic E-state index is 12.4. The van der Waals surface area contributed by atoms with Gasteiger partial charge in [0, 0.05) is 39.8 Å². The second-order valence-electron chi connectivity index (χ2n) is 5.84. The lowest BCUT2D eigenvalue weighted by atomic mass is 10.1. The van der Waals surface area contributed by atoms with Gasteiger partial charge in [0.1, 0.15) is 17.7 Å². The minimum absolute atomic E-state index is 0. The van der Waals surface area contributed by atoms with Crippen LogP contribution in [0.2, 0.25) is 0 Å². The Balaban J connectivity index is 0.00000144. The number of nitrogens with one attached hydrogen (secondary N) is 2. The molecule has 3 aromatic heterocycles. The van der Waals surface area contributed by atoms with Crippen molar-refractivity contribution in [1.29, 1.82) is 0 Å². The summed E-state index contributed by atoms with van der Waals surface area (Å²) >= 11 is 0. The fraction of sp³-hybridized carbons (Fsp3) is 0.312. The molecule has 0 saturated carbocycles. The number of hydrogen-bond acceptors (Lipinski definition) is 3. The first-order chi connectivity index (χ1) is 10.6. The quantitative estimate of drug-likeness (QED) is 0.777. The zero-order valence-electron chi connectivity index (χ0n) is 12.9. The molecule has 118 valence electrons.